The molecule has 8 nitrogen and oxygen atoms in total. The Hall–Kier alpha value is -3.29. The SMILES string of the molecule is CCOC(=O)N1CCN(c2ccc(C(=O)Nc3ccc(N(C)C)cc3)nc2)CC1. The normalized spacial score (nSPS) is 13.8. The van der Waals surface area contributed by atoms with Crippen LogP contribution in [0.25, 0.3) is 0 Å². The summed E-state index contributed by atoms with van der Waals surface area (Å²) in [4.78, 5) is 34.4. The minimum absolute atomic E-state index is 0.249. The highest BCUT2D eigenvalue weighted by atomic mass is 16.6. The van der Waals surface area contributed by atoms with Crippen molar-refractivity contribution in [2.24, 2.45) is 0 Å². The molecular weight excluding hydrogens is 370 g/mol. The third-order valence-corrected chi connectivity index (χ3v) is 4.79. The minimum Gasteiger partial charge on any atom is -0.450 e. The van der Waals surface area contributed by atoms with E-state index in [-0.39, 0.29) is 12.0 Å². The van der Waals surface area contributed by atoms with Gasteiger partial charge in [0.1, 0.15) is 5.69 Å². The largest absolute Gasteiger partial charge is 0.450 e. The van der Waals surface area contributed by atoms with Gasteiger partial charge in [0.25, 0.3) is 5.91 Å². The fourth-order valence-corrected chi connectivity index (χ4v) is 3.11. The fraction of sp³-hybridized carbons (Fsp3) is 0.381. The molecule has 1 fully saturated rings. The van der Waals surface area contributed by atoms with Crippen molar-refractivity contribution in [3.8, 4) is 0 Å². The number of ether oxygens (including phenoxy) is 1. The highest BCUT2D eigenvalue weighted by Gasteiger charge is 2.22. The summed E-state index contributed by atoms with van der Waals surface area (Å²) in [5.41, 5.74) is 3.08. The van der Waals surface area contributed by atoms with Gasteiger partial charge >= 0.3 is 6.09 Å². The highest BCUT2D eigenvalue weighted by molar-refractivity contribution is 6.03. The molecule has 0 spiro atoms. The molecule has 8 heteroatoms. The molecule has 1 saturated heterocycles. The van der Waals surface area contributed by atoms with E-state index in [1.54, 1.807) is 24.1 Å². The summed E-state index contributed by atoms with van der Waals surface area (Å²) < 4.78 is 5.04. The summed E-state index contributed by atoms with van der Waals surface area (Å²) in [7, 11) is 3.94. The number of piperazine rings is 1. The van der Waals surface area contributed by atoms with Crippen LogP contribution in [0.1, 0.15) is 17.4 Å². The van der Waals surface area contributed by atoms with E-state index in [2.05, 4.69) is 15.2 Å². The van der Waals surface area contributed by atoms with Gasteiger partial charge in [-0.1, -0.05) is 0 Å². The molecule has 0 atom stereocenters. The Balaban J connectivity index is 1.56. The number of hydrogen-bond acceptors (Lipinski definition) is 6. The van der Waals surface area contributed by atoms with Gasteiger partial charge in [-0.2, -0.15) is 0 Å². The molecule has 1 N–H and O–H groups in total. The molecular formula is C21H27N5O3. The van der Waals surface area contributed by atoms with Crippen molar-refractivity contribution < 1.29 is 14.3 Å². The van der Waals surface area contributed by atoms with E-state index in [0.29, 0.717) is 38.5 Å². The first kappa shape index (κ1) is 20.4. The maximum absolute atomic E-state index is 12.4. The number of carbonyl (C=O) groups excluding carboxylic acids is 2. The number of benzene rings is 1. The van der Waals surface area contributed by atoms with Crippen molar-refractivity contribution in [1.29, 1.82) is 0 Å². The molecule has 0 saturated carbocycles. The second-order valence-electron chi connectivity index (χ2n) is 6.97. The highest BCUT2D eigenvalue weighted by Crippen LogP contribution is 2.18. The van der Waals surface area contributed by atoms with Gasteiger partial charge in [-0.3, -0.25) is 4.79 Å². The van der Waals surface area contributed by atoms with Crippen molar-refractivity contribution in [2.45, 2.75) is 6.92 Å². The van der Waals surface area contributed by atoms with E-state index >= 15 is 0 Å². The monoisotopic (exact) mass is 397 g/mol. The van der Waals surface area contributed by atoms with Crippen molar-refractivity contribution in [3.05, 3.63) is 48.3 Å². The number of nitrogens with one attached hydrogen (secondary N) is 1. The number of anilines is 3. The van der Waals surface area contributed by atoms with E-state index in [4.69, 9.17) is 4.74 Å². The molecule has 0 unspecified atom stereocenters. The summed E-state index contributed by atoms with van der Waals surface area (Å²) in [6.45, 7) is 4.78. The van der Waals surface area contributed by atoms with Crippen molar-refractivity contribution >= 4 is 29.1 Å². The molecule has 0 bridgehead atoms. The third-order valence-electron chi connectivity index (χ3n) is 4.79. The van der Waals surface area contributed by atoms with Crippen LogP contribution in [0.5, 0.6) is 0 Å². The number of pyridine rings is 1. The molecule has 2 aromatic rings. The zero-order valence-electron chi connectivity index (χ0n) is 17.1. The molecule has 0 aliphatic carbocycles. The molecule has 3 rings (SSSR count). The predicted molar refractivity (Wildman–Crippen MR) is 114 cm³/mol. The zero-order chi connectivity index (χ0) is 20.8. The van der Waals surface area contributed by atoms with Gasteiger partial charge in [0.2, 0.25) is 0 Å². The number of aromatic nitrogens is 1. The Morgan fingerprint density at radius 1 is 1.07 bits per heavy atom. The Morgan fingerprint density at radius 3 is 2.31 bits per heavy atom. The topological polar surface area (TPSA) is 78.0 Å². The average Bonchev–Trinajstić information content (AvgIpc) is 2.74. The van der Waals surface area contributed by atoms with Gasteiger partial charge in [-0.15, -0.1) is 0 Å². The third kappa shape index (κ3) is 5.16. The summed E-state index contributed by atoms with van der Waals surface area (Å²) in [5, 5.41) is 2.86. The molecule has 1 aliphatic heterocycles. The zero-order valence-corrected chi connectivity index (χ0v) is 17.1. The van der Waals surface area contributed by atoms with Crippen LogP contribution in [0.2, 0.25) is 0 Å². The van der Waals surface area contributed by atoms with E-state index in [1.165, 1.54) is 0 Å². The van der Waals surface area contributed by atoms with Crippen LogP contribution in [-0.4, -0.2) is 68.8 Å². The van der Waals surface area contributed by atoms with Gasteiger partial charge in [0.05, 0.1) is 18.5 Å². The quantitative estimate of drug-likeness (QED) is 0.836. The lowest BCUT2D eigenvalue weighted by Crippen LogP contribution is -2.49. The first-order valence-corrected chi connectivity index (χ1v) is 9.69. The van der Waals surface area contributed by atoms with Crippen LogP contribution in [0.3, 0.4) is 0 Å². The number of rotatable bonds is 5. The van der Waals surface area contributed by atoms with Gasteiger partial charge < -0.3 is 24.8 Å². The predicted octanol–water partition coefficient (Wildman–Crippen LogP) is 2.68. The van der Waals surface area contributed by atoms with Crippen molar-refractivity contribution in [1.82, 2.24) is 9.88 Å². The van der Waals surface area contributed by atoms with E-state index < -0.39 is 0 Å². The second-order valence-corrected chi connectivity index (χ2v) is 6.97. The fourth-order valence-electron chi connectivity index (χ4n) is 3.11. The van der Waals surface area contributed by atoms with Gasteiger partial charge in [0.15, 0.2) is 0 Å². The number of hydrogen-bond donors (Lipinski definition) is 1. The van der Waals surface area contributed by atoms with Gasteiger partial charge in [-0.25, -0.2) is 9.78 Å². The van der Waals surface area contributed by atoms with Crippen LogP contribution in [0.15, 0.2) is 42.6 Å². The van der Waals surface area contributed by atoms with E-state index in [1.807, 2.05) is 49.3 Å². The first-order valence-electron chi connectivity index (χ1n) is 9.69. The van der Waals surface area contributed by atoms with E-state index in [0.717, 1.165) is 17.1 Å². The van der Waals surface area contributed by atoms with E-state index in [9.17, 15) is 9.59 Å². The molecule has 29 heavy (non-hydrogen) atoms. The molecule has 2 amide bonds. The Labute approximate surface area is 171 Å². The Bertz CT molecular complexity index is 828. The van der Waals surface area contributed by atoms with Crippen LogP contribution in [-0.2, 0) is 4.74 Å². The Morgan fingerprint density at radius 2 is 1.76 bits per heavy atom. The van der Waals surface area contributed by atoms with Crippen LogP contribution in [0, 0.1) is 0 Å². The maximum atomic E-state index is 12.4. The van der Waals surface area contributed by atoms with Crippen molar-refractivity contribution in [2.75, 3.05) is 62.0 Å². The number of amides is 2. The van der Waals surface area contributed by atoms with Crippen molar-refractivity contribution in [3.63, 3.8) is 0 Å². The molecule has 1 aromatic carbocycles. The smallest absolute Gasteiger partial charge is 0.409 e. The lowest BCUT2D eigenvalue weighted by Gasteiger charge is -2.35. The minimum atomic E-state index is -0.268. The van der Waals surface area contributed by atoms with Crippen LogP contribution >= 0.6 is 0 Å². The molecule has 1 aliphatic rings. The molecule has 1 aromatic heterocycles. The lowest BCUT2D eigenvalue weighted by molar-refractivity contribution is 0.101. The summed E-state index contributed by atoms with van der Waals surface area (Å²) in [6, 6.07) is 11.2. The summed E-state index contributed by atoms with van der Waals surface area (Å²) in [5.74, 6) is -0.249. The lowest BCUT2D eigenvalue weighted by atomic mass is 10.2. The Kier molecular flexibility index (Phi) is 6.54. The van der Waals surface area contributed by atoms with Gasteiger partial charge in [0, 0.05) is 51.6 Å². The standard InChI is InChI=1S/C21H27N5O3/c1-4-29-21(28)26-13-11-25(12-14-26)18-9-10-19(22-15-18)20(27)23-16-5-7-17(8-6-16)24(2)3/h5-10,15H,4,11-14H2,1-3H3,(H,23,27). The number of nitrogens with zero attached hydrogens (tertiary/aromatic N) is 4. The van der Waals surface area contributed by atoms with Gasteiger partial charge in [-0.05, 0) is 43.3 Å². The van der Waals surface area contributed by atoms with Crippen LogP contribution in [0.4, 0.5) is 21.9 Å². The molecule has 154 valence electrons. The maximum Gasteiger partial charge on any atom is 0.409 e. The van der Waals surface area contributed by atoms with Crippen LogP contribution < -0.4 is 15.1 Å². The molecule has 2 heterocycles. The summed E-state index contributed by atoms with van der Waals surface area (Å²) >= 11 is 0. The molecule has 0 radical (unpaired) electrons. The number of carbonyl (C=O) groups is 2. The second kappa shape index (κ2) is 9.27. The first-order chi connectivity index (χ1) is 14.0. The summed E-state index contributed by atoms with van der Waals surface area (Å²) in [6.07, 6.45) is 1.43. The average molecular weight is 397 g/mol.